The Labute approximate surface area is 207 Å². The maximum absolute atomic E-state index is 14.8. The SMILES string of the molecule is Nc1ncc(-c2cnn(C3CCN(CC4=CC4)CC3)c2)cc1C1NNNN1C1=CC=CCC(F)=C1F. The molecule has 0 amide bonds. The first-order valence-corrected chi connectivity index (χ1v) is 12.2. The van der Waals surface area contributed by atoms with Gasteiger partial charge in [0.25, 0.3) is 0 Å². The molecule has 36 heavy (non-hydrogen) atoms. The van der Waals surface area contributed by atoms with Gasteiger partial charge in [-0.25, -0.2) is 19.2 Å². The van der Waals surface area contributed by atoms with Crippen molar-refractivity contribution in [2.45, 2.75) is 37.9 Å². The molecule has 2 aliphatic heterocycles. The third-order valence-electron chi connectivity index (χ3n) is 7.08. The zero-order valence-corrected chi connectivity index (χ0v) is 19.8. The molecule has 1 unspecified atom stereocenters. The molecule has 2 saturated heterocycles. The van der Waals surface area contributed by atoms with E-state index in [1.165, 1.54) is 17.5 Å². The number of hydrogen-bond donors (Lipinski definition) is 4. The van der Waals surface area contributed by atoms with Gasteiger partial charge < -0.3 is 5.73 Å². The summed E-state index contributed by atoms with van der Waals surface area (Å²) in [5.74, 6) is -1.47. The van der Waals surface area contributed by atoms with Gasteiger partial charge in [0.05, 0.1) is 17.9 Å². The number of hydrazine groups is 3. The number of likely N-dealkylation sites (tertiary alicyclic amines) is 1. The van der Waals surface area contributed by atoms with Crippen LogP contribution in [0.3, 0.4) is 0 Å². The molecule has 0 radical (unpaired) electrons. The molecule has 1 atom stereocenters. The zero-order valence-electron chi connectivity index (χ0n) is 19.8. The minimum atomic E-state index is -0.924. The lowest BCUT2D eigenvalue weighted by Gasteiger charge is -2.31. The van der Waals surface area contributed by atoms with Crippen molar-refractivity contribution in [3.8, 4) is 11.1 Å². The third-order valence-corrected chi connectivity index (χ3v) is 7.08. The number of hydrogen-bond acceptors (Lipinski definition) is 8. The van der Waals surface area contributed by atoms with Gasteiger partial charge in [-0.3, -0.25) is 14.6 Å². The fourth-order valence-electron chi connectivity index (χ4n) is 4.91. The number of pyridine rings is 1. The van der Waals surface area contributed by atoms with Crippen LogP contribution in [0, 0.1) is 0 Å². The van der Waals surface area contributed by atoms with Crippen molar-refractivity contribution in [1.82, 2.24) is 41.2 Å². The molecule has 9 nitrogen and oxygen atoms in total. The Morgan fingerprint density at radius 3 is 2.75 bits per heavy atom. The Kier molecular flexibility index (Phi) is 6.13. The number of rotatable bonds is 6. The van der Waals surface area contributed by atoms with Gasteiger partial charge in [-0.15, -0.1) is 0 Å². The van der Waals surface area contributed by atoms with Crippen LogP contribution in [-0.4, -0.2) is 44.3 Å². The van der Waals surface area contributed by atoms with Crippen molar-refractivity contribution < 1.29 is 8.78 Å². The number of piperidine rings is 1. The highest BCUT2D eigenvalue weighted by atomic mass is 19.2. The average Bonchev–Trinajstić information content (AvgIpc) is 3.40. The van der Waals surface area contributed by atoms with Crippen molar-refractivity contribution in [2.75, 3.05) is 25.4 Å². The lowest BCUT2D eigenvalue weighted by atomic mass is 10.0. The second-order valence-electron chi connectivity index (χ2n) is 9.54. The highest BCUT2D eigenvalue weighted by Crippen LogP contribution is 2.34. The van der Waals surface area contributed by atoms with Crippen molar-refractivity contribution in [2.24, 2.45) is 0 Å². The van der Waals surface area contributed by atoms with Gasteiger partial charge in [0.15, 0.2) is 5.83 Å². The first kappa shape index (κ1) is 23.0. The van der Waals surface area contributed by atoms with Gasteiger partial charge in [-0.05, 0) is 31.4 Å². The molecule has 6 rings (SSSR count). The van der Waals surface area contributed by atoms with Gasteiger partial charge in [0.2, 0.25) is 0 Å². The molecular formula is C25H29F2N9. The Morgan fingerprint density at radius 2 is 1.94 bits per heavy atom. The summed E-state index contributed by atoms with van der Waals surface area (Å²) in [6.07, 6.45) is 15.2. The van der Waals surface area contributed by atoms with Crippen LogP contribution < -0.4 is 22.2 Å². The summed E-state index contributed by atoms with van der Waals surface area (Å²) in [7, 11) is 0. The molecule has 2 fully saturated rings. The van der Waals surface area contributed by atoms with E-state index in [2.05, 4.69) is 37.6 Å². The van der Waals surface area contributed by atoms with Crippen LogP contribution >= 0.6 is 0 Å². The van der Waals surface area contributed by atoms with Crippen LogP contribution in [-0.2, 0) is 0 Å². The van der Waals surface area contributed by atoms with Crippen molar-refractivity contribution in [1.29, 1.82) is 0 Å². The largest absolute Gasteiger partial charge is 0.383 e. The Bertz CT molecular complexity index is 1270. The van der Waals surface area contributed by atoms with Crippen LogP contribution in [0.1, 0.15) is 43.5 Å². The summed E-state index contributed by atoms with van der Waals surface area (Å²) in [5.41, 5.74) is 18.8. The zero-order chi connectivity index (χ0) is 24.6. The van der Waals surface area contributed by atoms with Crippen LogP contribution in [0.5, 0.6) is 0 Å². The maximum atomic E-state index is 14.8. The monoisotopic (exact) mass is 493 g/mol. The molecule has 0 spiro atoms. The predicted octanol–water partition coefficient (Wildman–Crippen LogP) is 3.32. The summed E-state index contributed by atoms with van der Waals surface area (Å²) >= 11 is 0. The number of nitrogens with two attached hydrogens (primary N) is 1. The molecular weight excluding hydrogens is 464 g/mol. The molecule has 0 aromatic carbocycles. The summed E-state index contributed by atoms with van der Waals surface area (Å²) in [6, 6.07) is 2.27. The Hall–Kier alpha value is -3.38. The molecule has 5 N–H and O–H groups in total. The molecule has 2 aromatic rings. The number of nitrogens with one attached hydrogen (secondary N) is 3. The topological polar surface area (TPSA) is 99.3 Å². The van der Waals surface area contributed by atoms with E-state index in [1.54, 1.807) is 23.9 Å². The van der Waals surface area contributed by atoms with Gasteiger partial charge in [-0.1, -0.05) is 23.8 Å². The highest BCUT2D eigenvalue weighted by Gasteiger charge is 2.33. The van der Waals surface area contributed by atoms with Crippen LogP contribution in [0.25, 0.3) is 11.1 Å². The number of halogens is 2. The second kappa shape index (κ2) is 9.58. The van der Waals surface area contributed by atoms with Crippen molar-refractivity contribution in [3.05, 3.63) is 77.4 Å². The predicted molar refractivity (Wildman–Crippen MR) is 132 cm³/mol. The highest BCUT2D eigenvalue weighted by molar-refractivity contribution is 5.64. The smallest absolute Gasteiger partial charge is 0.179 e. The average molecular weight is 494 g/mol. The lowest BCUT2D eigenvalue weighted by Crippen LogP contribution is -2.37. The molecule has 0 saturated carbocycles. The van der Waals surface area contributed by atoms with Gasteiger partial charge in [-0.2, -0.15) is 16.2 Å². The normalized spacial score (nSPS) is 23.2. The Balaban J connectivity index is 1.21. The fourth-order valence-corrected chi connectivity index (χ4v) is 4.91. The first-order valence-electron chi connectivity index (χ1n) is 12.2. The Morgan fingerprint density at radius 1 is 1.11 bits per heavy atom. The summed E-state index contributed by atoms with van der Waals surface area (Å²) < 4.78 is 30.9. The van der Waals surface area contributed by atoms with Crippen LogP contribution in [0.15, 0.2) is 71.9 Å². The van der Waals surface area contributed by atoms with E-state index >= 15 is 0 Å². The quantitative estimate of drug-likeness (QED) is 0.455. The first-order chi connectivity index (χ1) is 17.6. The van der Waals surface area contributed by atoms with Crippen LogP contribution in [0.4, 0.5) is 14.6 Å². The number of nitrogen functional groups attached to an aromatic ring is 1. The van der Waals surface area contributed by atoms with Crippen molar-refractivity contribution >= 4 is 5.82 Å². The number of anilines is 1. The molecule has 4 heterocycles. The van der Waals surface area contributed by atoms with Crippen LogP contribution in [0.2, 0.25) is 0 Å². The van der Waals surface area contributed by atoms with E-state index in [-0.39, 0.29) is 17.9 Å². The van der Waals surface area contributed by atoms with E-state index in [1.807, 2.05) is 23.1 Å². The number of nitrogens with zero attached hydrogens (tertiary/aromatic N) is 5. The molecule has 11 heteroatoms. The fraction of sp³-hybridized carbons (Fsp3) is 0.360. The van der Waals surface area contributed by atoms with Gasteiger partial charge in [0, 0.05) is 55.1 Å². The van der Waals surface area contributed by atoms with Gasteiger partial charge >= 0.3 is 0 Å². The standard InChI is InChI=1S/C25H29F2N9/c26-21-3-1-2-4-22(23(21)27)36-25(31-32-33-36)20-11-17(12-29-24(20)28)18-13-30-35(15-18)19-7-9-34(10-8-19)14-16-5-6-16/h1-2,4-5,11-13,15,19,25,31-33H,3,6-10,14H2,(H2,28,29). The third kappa shape index (κ3) is 4.58. The van der Waals surface area contributed by atoms with Crippen molar-refractivity contribution in [3.63, 3.8) is 0 Å². The minimum absolute atomic E-state index is 0.0469. The summed E-state index contributed by atoms with van der Waals surface area (Å²) in [4.78, 5) is 6.91. The molecule has 2 aliphatic carbocycles. The van der Waals surface area contributed by atoms with Gasteiger partial charge in [0.1, 0.15) is 17.8 Å². The van der Waals surface area contributed by atoms with E-state index in [4.69, 9.17) is 5.73 Å². The molecule has 188 valence electrons. The summed E-state index contributed by atoms with van der Waals surface area (Å²) in [5, 5.41) is 6.10. The molecule has 0 bridgehead atoms. The lowest BCUT2D eigenvalue weighted by molar-refractivity contribution is 0.193. The van der Waals surface area contributed by atoms with E-state index < -0.39 is 17.8 Å². The summed E-state index contributed by atoms with van der Waals surface area (Å²) in [6.45, 7) is 3.25. The van der Waals surface area contributed by atoms with E-state index in [0.29, 0.717) is 11.6 Å². The minimum Gasteiger partial charge on any atom is -0.383 e. The molecule has 4 aliphatic rings. The second-order valence-corrected chi connectivity index (χ2v) is 9.54. The number of aromatic nitrogens is 3. The molecule has 2 aromatic heterocycles. The van der Waals surface area contributed by atoms with E-state index in [0.717, 1.165) is 43.6 Å². The number of allylic oxidation sites excluding steroid dienone is 6. The van der Waals surface area contributed by atoms with E-state index in [9.17, 15) is 8.78 Å². The maximum Gasteiger partial charge on any atom is 0.179 e.